The maximum Gasteiger partial charge on any atom is 0.312 e. The van der Waals surface area contributed by atoms with Crippen LogP contribution >= 0.6 is 0 Å². The summed E-state index contributed by atoms with van der Waals surface area (Å²) in [5.74, 6) is 1.33. The molecule has 124 valence electrons. The zero-order valence-corrected chi connectivity index (χ0v) is 13.1. The summed E-state index contributed by atoms with van der Waals surface area (Å²) in [5, 5.41) is 0. The molecule has 7 nitrogen and oxygen atoms in total. The SMILES string of the molecule is COc1cc(C2CC(=O)Oc3c2oc(C)cc3=O)cc2c1OCO2. The molecule has 0 radical (unpaired) electrons. The number of esters is 1. The van der Waals surface area contributed by atoms with E-state index in [-0.39, 0.29) is 24.4 Å². The summed E-state index contributed by atoms with van der Waals surface area (Å²) >= 11 is 0. The van der Waals surface area contributed by atoms with Crippen LogP contribution in [0.3, 0.4) is 0 Å². The van der Waals surface area contributed by atoms with Gasteiger partial charge in [-0.3, -0.25) is 9.59 Å². The lowest BCUT2D eigenvalue weighted by atomic mass is 9.90. The van der Waals surface area contributed by atoms with Crippen molar-refractivity contribution in [1.82, 2.24) is 0 Å². The average molecular weight is 330 g/mol. The molecule has 1 aromatic heterocycles. The fraction of sp³-hybridized carbons (Fsp3) is 0.294. The van der Waals surface area contributed by atoms with E-state index >= 15 is 0 Å². The molecule has 0 spiro atoms. The van der Waals surface area contributed by atoms with Crippen molar-refractivity contribution in [1.29, 1.82) is 0 Å². The zero-order valence-electron chi connectivity index (χ0n) is 13.1. The Hall–Kier alpha value is -2.96. The lowest BCUT2D eigenvalue weighted by Gasteiger charge is -2.23. The Morgan fingerprint density at radius 1 is 1.12 bits per heavy atom. The van der Waals surface area contributed by atoms with Crippen LogP contribution in [0.1, 0.15) is 29.4 Å². The van der Waals surface area contributed by atoms with Gasteiger partial charge in [-0.1, -0.05) is 0 Å². The van der Waals surface area contributed by atoms with E-state index in [9.17, 15) is 9.59 Å². The Morgan fingerprint density at radius 2 is 1.96 bits per heavy atom. The third-order valence-corrected chi connectivity index (χ3v) is 4.04. The van der Waals surface area contributed by atoms with Crippen LogP contribution in [0.15, 0.2) is 27.4 Å². The van der Waals surface area contributed by atoms with Crippen molar-refractivity contribution in [3.8, 4) is 23.0 Å². The number of ether oxygens (including phenoxy) is 4. The minimum atomic E-state index is -0.486. The monoisotopic (exact) mass is 330 g/mol. The predicted molar refractivity (Wildman–Crippen MR) is 80.9 cm³/mol. The van der Waals surface area contributed by atoms with E-state index in [0.717, 1.165) is 5.56 Å². The molecule has 0 saturated carbocycles. The first kappa shape index (κ1) is 14.6. The molecule has 1 atom stereocenters. The van der Waals surface area contributed by atoms with Gasteiger partial charge in [-0.2, -0.15) is 0 Å². The molecule has 2 aromatic rings. The van der Waals surface area contributed by atoms with Crippen LogP contribution in [0.4, 0.5) is 0 Å². The van der Waals surface area contributed by atoms with Crippen molar-refractivity contribution in [2.75, 3.05) is 13.9 Å². The van der Waals surface area contributed by atoms with Gasteiger partial charge in [0.1, 0.15) is 5.76 Å². The molecule has 4 rings (SSSR count). The Bertz CT molecular complexity index is 897. The molecule has 7 heteroatoms. The van der Waals surface area contributed by atoms with Crippen LogP contribution < -0.4 is 24.4 Å². The van der Waals surface area contributed by atoms with Gasteiger partial charge < -0.3 is 23.4 Å². The number of rotatable bonds is 2. The Morgan fingerprint density at radius 3 is 2.75 bits per heavy atom. The van der Waals surface area contributed by atoms with Gasteiger partial charge >= 0.3 is 5.97 Å². The molecule has 0 bridgehead atoms. The number of hydrogen-bond donors (Lipinski definition) is 0. The van der Waals surface area contributed by atoms with Crippen LogP contribution in [0.25, 0.3) is 0 Å². The van der Waals surface area contributed by atoms with E-state index in [0.29, 0.717) is 28.8 Å². The van der Waals surface area contributed by atoms with Gasteiger partial charge in [0.15, 0.2) is 17.3 Å². The zero-order chi connectivity index (χ0) is 16.8. The van der Waals surface area contributed by atoms with Crippen molar-refractivity contribution >= 4 is 5.97 Å². The molecule has 0 N–H and O–H groups in total. The number of carbonyl (C=O) groups is 1. The van der Waals surface area contributed by atoms with E-state index < -0.39 is 11.9 Å². The average Bonchev–Trinajstić information content (AvgIpc) is 3.02. The molecular weight excluding hydrogens is 316 g/mol. The summed E-state index contributed by atoms with van der Waals surface area (Å²) in [6, 6.07) is 4.82. The second-order valence-corrected chi connectivity index (χ2v) is 5.60. The number of aryl methyl sites for hydroxylation is 1. The van der Waals surface area contributed by atoms with Gasteiger partial charge in [-0.15, -0.1) is 0 Å². The van der Waals surface area contributed by atoms with Gasteiger partial charge in [0.2, 0.25) is 23.7 Å². The number of fused-ring (bicyclic) bond motifs is 2. The first-order valence-electron chi connectivity index (χ1n) is 7.39. The Labute approximate surface area is 136 Å². The highest BCUT2D eigenvalue weighted by molar-refractivity contribution is 5.77. The van der Waals surface area contributed by atoms with Crippen LogP contribution in [-0.4, -0.2) is 19.9 Å². The lowest BCUT2D eigenvalue weighted by molar-refractivity contribution is -0.136. The number of benzene rings is 1. The topological polar surface area (TPSA) is 84.2 Å². The summed E-state index contributed by atoms with van der Waals surface area (Å²) in [6.07, 6.45) is 0.0577. The number of methoxy groups -OCH3 is 1. The van der Waals surface area contributed by atoms with Crippen molar-refractivity contribution in [3.05, 3.63) is 45.5 Å². The fourth-order valence-corrected chi connectivity index (χ4v) is 2.99. The highest BCUT2D eigenvalue weighted by atomic mass is 16.7. The smallest absolute Gasteiger partial charge is 0.312 e. The van der Waals surface area contributed by atoms with Crippen LogP contribution in [0, 0.1) is 6.92 Å². The third kappa shape index (κ3) is 2.20. The summed E-state index contributed by atoms with van der Waals surface area (Å²) in [7, 11) is 1.52. The Balaban J connectivity index is 1.89. The number of carbonyl (C=O) groups excluding carboxylic acids is 1. The fourth-order valence-electron chi connectivity index (χ4n) is 2.99. The van der Waals surface area contributed by atoms with Crippen LogP contribution in [-0.2, 0) is 4.79 Å². The van der Waals surface area contributed by atoms with Gasteiger partial charge in [-0.05, 0) is 24.6 Å². The van der Waals surface area contributed by atoms with Gasteiger partial charge in [0, 0.05) is 6.07 Å². The maximum atomic E-state index is 12.1. The Kier molecular flexibility index (Phi) is 3.23. The standard InChI is InChI=1S/C17H14O7/c1-8-3-11(18)16-15(23-8)10(6-14(19)24-16)9-4-12(20-2)17-13(5-9)21-7-22-17/h3-5,10H,6-7H2,1-2H3. The quantitative estimate of drug-likeness (QED) is 0.780. The molecule has 0 saturated heterocycles. The molecular formula is C17H14O7. The second-order valence-electron chi connectivity index (χ2n) is 5.60. The molecule has 0 amide bonds. The molecule has 0 aliphatic carbocycles. The van der Waals surface area contributed by atoms with Crippen molar-refractivity contribution in [2.24, 2.45) is 0 Å². The molecule has 2 aliphatic rings. The lowest BCUT2D eigenvalue weighted by Crippen LogP contribution is -2.25. The van der Waals surface area contributed by atoms with Crippen molar-refractivity contribution in [2.45, 2.75) is 19.3 Å². The van der Waals surface area contributed by atoms with E-state index in [2.05, 4.69) is 0 Å². The van der Waals surface area contributed by atoms with Crippen molar-refractivity contribution in [3.63, 3.8) is 0 Å². The molecule has 2 aliphatic heterocycles. The van der Waals surface area contributed by atoms with E-state index in [4.69, 9.17) is 23.4 Å². The summed E-state index contributed by atoms with van der Waals surface area (Å²) < 4.78 is 26.9. The minimum absolute atomic E-state index is 0.0570. The van der Waals surface area contributed by atoms with Gasteiger partial charge in [-0.25, -0.2) is 0 Å². The van der Waals surface area contributed by atoms with Gasteiger partial charge in [0.25, 0.3) is 0 Å². The predicted octanol–water partition coefficient (Wildman–Crippen LogP) is 2.13. The number of hydrogen-bond acceptors (Lipinski definition) is 7. The largest absolute Gasteiger partial charge is 0.493 e. The van der Waals surface area contributed by atoms with Gasteiger partial charge in [0.05, 0.1) is 19.4 Å². The van der Waals surface area contributed by atoms with E-state index in [1.54, 1.807) is 19.1 Å². The highest BCUT2D eigenvalue weighted by Crippen LogP contribution is 2.46. The van der Waals surface area contributed by atoms with Crippen LogP contribution in [0.2, 0.25) is 0 Å². The maximum absolute atomic E-state index is 12.1. The summed E-state index contributed by atoms with van der Waals surface area (Å²) in [4.78, 5) is 24.1. The second kappa shape index (κ2) is 5.30. The first-order chi connectivity index (χ1) is 11.6. The summed E-state index contributed by atoms with van der Waals surface area (Å²) in [5.41, 5.74) is 0.349. The summed E-state index contributed by atoms with van der Waals surface area (Å²) in [6.45, 7) is 1.78. The molecule has 0 fully saturated rings. The highest BCUT2D eigenvalue weighted by Gasteiger charge is 2.35. The van der Waals surface area contributed by atoms with Crippen molar-refractivity contribution < 1.29 is 28.2 Å². The molecule has 1 unspecified atom stereocenters. The molecule has 24 heavy (non-hydrogen) atoms. The van der Waals surface area contributed by atoms with E-state index in [1.165, 1.54) is 13.2 Å². The molecule has 1 aromatic carbocycles. The normalized spacial score (nSPS) is 18.1. The third-order valence-electron chi connectivity index (χ3n) is 4.04. The van der Waals surface area contributed by atoms with E-state index in [1.807, 2.05) is 0 Å². The first-order valence-corrected chi connectivity index (χ1v) is 7.39. The minimum Gasteiger partial charge on any atom is -0.493 e. The van der Waals surface area contributed by atoms with Crippen LogP contribution in [0.5, 0.6) is 23.0 Å². The molecule has 3 heterocycles.